The van der Waals surface area contributed by atoms with Gasteiger partial charge in [-0.25, -0.2) is 4.98 Å². The lowest BCUT2D eigenvalue weighted by Gasteiger charge is -2.33. The van der Waals surface area contributed by atoms with Crippen LogP contribution in [0.4, 0.5) is 0 Å². The van der Waals surface area contributed by atoms with E-state index in [1.165, 1.54) is 0 Å². The first kappa shape index (κ1) is 29.3. The summed E-state index contributed by atoms with van der Waals surface area (Å²) < 4.78 is 13.4. The number of ether oxygens (including phenoxy) is 2. The van der Waals surface area contributed by atoms with Crippen molar-refractivity contribution in [2.45, 2.75) is 44.2 Å². The van der Waals surface area contributed by atoms with Crippen LogP contribution in [-0.4, -0.2) is 65.7 Å². The molecule has 0 radical (unpaired) electrons. The Hall–Kier alpha value is -4.21. The van der Waals surface area contributed by atoms with Crippen LogP contribution in [0.25, 0.3) is 11.0 Å². The quantitative estimate of drug-likeness (QED) is 0.239. The first-order chi connectivity index (χ1) is 20.5. The number of methoxy groups -OCH3 is 1. The molecule has 5 rings (SSSR count). The molecule has 0 bridgehead atoms. The number of piperidine rings is 1. The monoisotopic (exact) mass is 569 g/mol. The molecule has 2 atom stereocenters. The molecule has 0 aliphatic carbocycles. The predicted molar refractivity (Wildman–Crippen MR) is 163 cm³/mol. The van der Waals surface area contributed by atoms with Gasteiger partial charge in [-0.05, 0) is 67.8 Å². The number of nitrogens with zero attached hydrogens (tertiary/aromatic N) is 3. The van der Waals surface area contributed by atoms with E-state index in [1.807, 2.05) is 53.4 Å². The SMILES string of the molecule is COCCCn1c([C@@H]2CCCN(C(=O)C[C@@H](N)CNC(=O)c3ccc(Oc4ccccc4)cc3)C2)nc2ccccc21. The average Bonchev–Trinajstić information content (AvgIpc) is 3.39. The second-order valence-electron chi connectivity index (χ2n) is 10.7. The van der Waals surface area contributed by atoms with Gasteiger partial charge in [-0.2, -0.15) is 0 Å². The fourth-order valence-corrected chi connectivity index (χ4v) is 5.47. The summed E-state index contributed by atoms with van der Waals surface area (Å²) in [5, 5.41) is 2.86. The van der Waals surface area contributed by atoms with Crippen LogP contribution in [0.3, 0.4) is 0 Å². The van der Waals surface area contributed by atoms with E-state index in [0.29, 0.717) is 31.0 Å². The Kier molecular flexibility index (Phi) is 9.84. The van der Waals surface area contributed by atoms with Gasteiger partial charge in [0, 0.05) is 63.8 Å². The number of hydrogen-bond donors (Lipinski definition) is 2. The molecule has 2 heterocycles. The van der Waals surface area contributed by atoms with Gasteiger partial charge in [0.25, 0.3) is 5.91 Å². The van der Waals surface area contributed by atoms with Crippen molar-refractivity contribution in [2.24, 2.45) is 5.73 Å². The molecule has 0 saturated carbocycles. The molecule has 1 aliphatic heterocycles. The molecule has 1 aliphatic rings. The van der Waals surface area contributed by atoms with Crippen molar-refractivity contribution in [3.05, 3.63) is 90.3 Å². The van der Waals surface area contributed by atoms with E-state index in [4.69, 9.17) is 20.2 Å². The molecule has 42 heavy (non-hydrogen) atoms. The summed E-state index contributed by atoms with van der Waals surface area (Å²) in [6.07, 6.45) is 2.95. The van der Waals surface area contributed by atoms with E-state index in [9.17, 15) is 9.59 Å². The van der Waals surface area contributed by atoms with Crippen molar-refractivity contribution in [3.8, 4) is 11.5 Å². The molecular weight excluding hydrogens is 530 g/mol. The van der Waals surface area contributed by atoms with Crippen LogP contribution in [-0.2, 0) is 16.1 Å². The number of benzene rings is 3. The molecule has 4 aromatic rings. The van der Waals surface area contributed by atoms with Crippen LogP contribution in [0.15, 0.2) is 78.9 Å². The molecule has 2 amide bonds. The zero-order valence-corrected chi connectivity index (χ0v) is 24.1. The minimum atomic E-state index is -0.485. The van der Waals surface area contributed by atoms with Gasteiger partial charge in [0.15, 0.2) is 0 Å². The molecule has 1 fully saturated rings. The van der Waals surface area contributed by atoms with Crippen molar-refractivity contribution >= 4 is 22.8 Å². The fraction of sp³-hybridized carbons (Fsp3) is 0.364. The van der Waals surface area contributed by atoms with Gasteiger partial charge < -0.3 is 30.0 Å². The Morgan fingerprint density at radius 2 is 1.76 bits per heavy atom. The lowest BCUT2D eigenvalue weighted by molar-refractivity contribution is -0.132. The maximum absolute atomic E-state index is 13.2. The summed E-state index contributed by atoms with van der Waals surface area (Å²) in [6.45, 7) is 3.03. The number of carbonyl (C=O) groups excluding carboxylic acids is 2. The highest BCUT2D eigenvalue weighted by atomic mass is 16.5. The van der Waals surface area contributed by atoms with E-state index in [0.717, 1.165) is 48.4 Å². The maximum atomic E-state index is 13.2. The Morgan fingerprint density at radius 1 is 1.02 bits per heavy atom. The Bertz CT molecular complexity index is 1470. The van der Waals surface area contributed by atoms with Crippen LogP contribution in [0, 0.1) is 0 Å². The third-order valence-corrected chi connectivity index (χ3v) is 7.61. The van der Waals surface area contributed by atoms with Crippen molar-refractivity contribution in [3.63, 3.8) is 0 Å². The van der Waals surface area contributed by atoms with E-state index in [-0.39, 0.29) is 30.7 Å². The Labute approximate surface area is 246 Å². The number of nitrogens with one attached hydrogen (secondary N) is 1. The van der Waals surface area contributed by atoms with Crippen LogP contribution in [0.1, 0.15) is 47.8 Å². The lowest BCUT2D eigenvalue weighted by Crippen LogP contribution is -2.45. The molecule has 9 nitrogen and oxygen atoms in total. The molecule has 9 heteroatoms. The van der Waals surface area contributed by atoms with Gasteiger partial charge in [-0.15, -0.1) is 0 Å². The van der Waals surface area contributed by atoms with E-state index >= 15 is 0 Å². The summed E-state index contributed by atoms with van der Waals surface area (Å²) in [5.41, 5.74) is 8.89. The van der Waals surface area contributed by atoms with Gasteiger partial charge in [0.1, 0.15) is 17.3 Å². The average molecular weight is 570 g/mol. The second kappa shape index (κ2) is 14.1. The molecule has 3 aromatic carbocycles. The minimum absolute atomic E-state index is 0.00547. The number of likely N-dealkylation sites (tertiary alicyclic amines) is 1. The summed E-state index contributed by atoms with van der Waals surface area (Å²) in [7, 11) is 1.72. The van der Waals surface area contributed by atoms with Crippen molar-refractivity contribution in [1.29, 1.82) is 0 Å². The summed E-state index contributed by atoms with van der Waals surface area (Å²) >= 11 is 0. The van der Waals surface area contributed by atoms with Crippen molar-refractivity contribution < 1.29 is 19.1 Å². The van der Waals surface area contributed by atoms with Gasteiger partial charge in [-0.1, -0.05) is 30.3 Å². The number of nitrogens with two attached hydrogens (primary N) is 1. The highest BCUT2D eigenvalue weighted by molar-refractivity contribution is 5.94. The number of carbonyl (C=O) groups is 2. The fourth-order valence-electron chi connectivity index (χ4n) is 5.47. The Morgan fingerprint density at radius 3 is 2.55 bits per heavy atom. The second-order valence-corrected chi connectivity index (χ2v) is 10.7. The third kappa shape index (κ3) is 7.35. The molecule has 0 spiro atoms. The van der Waals surface area contributed by atoms with Crippen LogP contribution in [0.2, 0.25) is 0 Å². The summed E-state index contributed by atoms with van der Waals surface area (Å²) in [6, 6.07) is 24.1. The van der Waals surface area contributed by atoms with E-state index < -0.39 is 6.04 Å². The number of hydrogen-bond acceptors (Lipinski definition) is 6. The molecule has 1 saturated heterocycles. The largest absolute Gasteiger partial charge is 0.457 e. The Balaban J connectivity index is 1.13. The first-order valence-electron chi connectivity index (χ1n) is 14.6. The minimum Gasteiger partial charge on any atom is -0.457 e. The normalized spacial score (nSPS) is 15.9. The first-order valence-corrected chi connectivity index (χ1v) is 14.6. The molecule has 0 unspecified atom stereocenters. The number of para-hydroxylation sites is 3. The predicted octanol–water partition coefficient (Wildman–Crippen LogP) is 4.72. The van der Waals surface area contributed by atoms with Crippen molar-refractivity contribution in [2.75, 3.05) is 33.4 Å². The van der Waals surface area contributed by atoms with Crippen LogP contribution >= 0.6 is 0 Å². The number of rotatable bonds is 12. The van der Waals surface area contributed by atoms with Crippen LogP contribution < -0.4 is 15.8 Å². The zero-order valence-electron chi connectivity index (χ0n) is 24.1. The van der Waals surface area contributed by atoms with Gasteiger partial charge in [0.2, 0.25) is 5.91 Å². The maximum Gasteiger partial charge on any atom is 0.251 e. The van der Waals surface area contributed by atoms with E-state index in [2.05, 4.69) is 16.0 Å². The number of amides is 2. The number of aryl methyl sites for hydroxylation is 1. The van der Waals surface area contributed by atoms with Gasteiger partial charge in [0.05, 0.1) is 11.0 Å². The smallest absolute Gasteiger partial charge is 0.251 e. The standard InChI is InChI=1S/C33H39N5O4/c1-41-20-8-19-38-30-13-6-5-12-29(30)36-32(38)25-9-7-18-37(23-25)31(39)21-26(34)22-35-33(40)24-14-16-28(17-15-24)42-27-10-3-2-4-11-27/h2-6,10-17,25-26H,7-9,18-23,34H2,1H3,(H,35,40)/t25-,26-/m1/s1. The number of aromatic nitrogens is 2. The highest BCUT2D eigenvalue weighted by Gasteiger charge is 2.29. The third-order valence-electron chi connectivity index (χ3n) is 7.61. The molecule has 1 aromatic heterocycles. The zero-order chi connectivity index (χ0) is 29.3. The molecule has 220 valence electrons. The van der Waals surface area contributed by atoms with Gasteiger partial charge in [-0.3, -0.25) is 9.59 Å². The summed E-state index contributed by atoms with van der Waals surface area (Å²) in [5.74, 6) is 2.32. The molecule has 3 N–H and O–H groups in total. The molecular formula is C33H39N5O4. The number of fused-ring (bicyclic) bond motifs is 1. The highest BCUT2D eigenvalue weighted by Crippen LogP contribution is 2.30. The van der Waals surface area contributed by atoms with Crippen LogP contribution in [0.5, 0.6) is 11.5 Å². The summed E-state index contributed by atoms with van der Waals surface area (Å²) in [4.78, 5) is 32.8. The topological polar surface area (TPSA) is 112 Å². The van der Waals surface area contributed by atoms with Gasteiger partial charge >= 0.3 is 0 Å². The van der Waals surface area contributed by atoms with Crippen molar-refractivity contribution in [1.82, 2.24) is 19.8 Å². The number of imidazole rings is 1. The lowest BCUT2D eigenvalue weighted by atomic mass is 9.96. The van der Waals surface area contributed by atoms with E-state index in [1.54, 1.807) is 31.4 Å².